The number of rotatable bonds is 1. The Labute approximate surface area is 104 Å². The molecule has 1 aromatic carbocycles. The lowest BCUT2D eigenvalue weighted by Gasteiger charge is -2.22. The molecule has 0 bridgehead atoms. The minimum atomic E-state index is -0.478. The van der Waals surface area contributed by atoms with Gasteiger partial charge in [-0.1, -0.05) is 47.6 Å². The van der Waals surface area contributed by atoms with E-state index in [4.69, 9.17) is 0 Å². The number of aromatic hydroxyl groups is 1. The van der Waals surface area contributed by atoms with Gasteiger partial charge in [0.15, 0.2) is 5.78 Å². The third kappa shape index (κ3) is 3.09. The molecule has 0 saturated carbocycles. The number of Topliss-reactive ketones (excluding diaryl/α,β-unsaturated/α-hetero) is 1. The third-order valence-electron chi connectivity index (χ3n) is 2.79. The molecule has 0 saturated heterocycles. The van der Waals surface area contributed by atoms with E-state index in [1.807, 2.05) is 32.9 Å². The van der Waals surface area contributed by atoms with E-state index >= 15 is 0 Å². The summed E-state index contributed by atoms with van der Waals surface area (Å²) in [5.41, 5.74) is 0.974. The van der Waals surface area contributed by atoms with Crippen LogP contribution < -0.4 is 0 Å². The molecule has 0 unspecified atom stereocenters. The zero-order chi connectivity index (χ0) is 13.4. The van der Waals surface area contributed by atoms with Crippen LogP contribution in [0.5, 0.6) is 5.75 Å². The SMILES string of the molecule is CC(C)(C)C(=O)c1cc(C(C)(C)C)ccc1O. The molecule has 0 atom stereocenters. The van der Waals surface area contributed by atoms with Crippen LogP contribution in [0.1, 0.15) is 57.5 Å². The second-order valence-corrected chi connectivity index (χ2v) is 6.56. The van der Waals surface area contributed by atoms with Gasteiger partial charge in [0.1, 0.15) is 5.75 Å². The van der Waals surface area contributed by atoms with Crippen LogP contribution in [0.4, 0.5) is 0 Å². The predicted molar refractivity (Wildman–Crippen MR) is 70.6 cm³/mol. The summed E-state index contributed by atoms with van der Waals surface area (Å²) in [6.07, 6.45) is 0. The standard InChI is InChI=1S/C15H22O2/c1-14(2,3)10-7-8-12(16)11(9-10)13(17)15(4,5)6/h7-9,16H,1-6H3. The number of carbonyl (C=O) groups excluding carboxylic acids is 1. The third-order valence-corrected chi connectivity index (χ3v) is 2.79. The molecule has 0 amide bonds. The lowest BCUT2D eigenvalue weighted by Crippen LogP contribution is -2.21. The minimum Gasteiger partial charge on any atom is -0.507 e. The van der Waals surface area contributed by atoms with Crippen molar-refractivity contribution in [2.75, 3.05) is 0 Å². The smallest absolute Gasteiger partial charge is 0.171 e. The highest BCUT2D eigenvalue weighted by atomic mass is 16.3. The maximum Gasteiger partial charge on any atom is 0.171 e. The van der Waals surface area contributed by atoms with Gasteiger partial charge < -0.3 is 5.11 Å². The normalized spacial score (nSPS) is 12.6. The van der Waals surface area contributed by atoms with Gasteiger partial charge in [-0.05, 0) is 23.1 Å². The van der Waals surface area contributed by atoms with Crippen LogP contribution >= 0.6 is 0 Å². The summed E-state index contributed by atoms with van der Waals surface area (Å²) in [4.78, 5) is 12.2. The molecule has 0 aliphatic heterocycles. The fourth-order valence-corrected chi connectivity index (χ4v) is 1.59. The van der Waals surface area contributed by atoms with Crippen molar-refractivity contribution in [3.63, 3.8) is 0 Å². The maximum absolute atomic E-state index is 12.2. The Morgan fingerprint density at radius 3 is 2.00 bits per heavy atom. The zero-order valence-electron chi connectivity index (χ0n) is 11.6. The highest BCUT2D eigenvalue weighted by molar-refractivity contribution is 6.02. The van der Waals surface area contributed by atoms with E-state index in [2.05, 4.69) is 20.8 Å². The molecule has 0 aliphatic carbocycles. The molecule has 17 heavy (non-hydrogen) atoms. The molecule has 2 heteroatoms. The first-order chi connectivity index (χ1) is 7.53. The first-order valence-corrected chi connectivity index (χ1v) is 5.92. The van der Waals surface area contributed by atoms with Crippen LogP contribution in [0.15, 0.2) is 18.2 Å². The van der Waals surface area contributed by atoms with Crippen LogP contribution in [0.2, 0.25) is 0 Å². The summed E-state index contributed by atoms with van der Waals surface area (Å²) < 4.78 is 0. The highest BCUT2D eigenvalue weighted by Gasteiger charge is 2.26. The van der Waals surface area contributed by atoms with E-state index in [1.165, 1.54) is 0 Å². The van der Waals surface area contributed by atoms with Crippen molar-refractivity contribution in [2.24, 2.45) is 5.41 Å². The lowest BCUT2D eigenvalue weighted by molar-refractivity contribution is 0.0855. The summed E-state index contributed by atoms with van der Waals surface area (Å²) >= 11 is 0. The quantitative estimate of drug-likeness (QED) is 0.748. The molecule has 2 nitrogen and oxygen atoms in total. The molecule has 1 rings (SSSR count). The fraction of sp³-hybridized carbons (Fsp3) is 0.533. The first kappa shape index (κ1) is 13.8. The van der Waals surface area contributed by atoms with Crippen LogP contribution in [0.3, 0.4) is 0 Å². The Morgan fingerprint density at radius 1 is 1.06 bits per heavy atom. The molecule has 0 heterocycles. The average molecular weight is 234 g/mol. The summed E-state index contributed by atoms with van der Waals surface area (Å²) in [6.45, 7) is 11.8. The Hall–Kier alpha value is -1.31. The van der Waals surface area contributed by atoms with Gasteiger partial charge in [0.25, 0.3) is 0 Å². The number of benzene rings is 1. The van der Waals surface area contributed by atoms with Crippen LogP contribution in [0.25, 0.3) is 0 Å². The molecule has 0 spiro atoms. The first-order valence-electron chi connectivity index (χ1n) is 5.92. The van der Waals surface area contributed by atoms with E-state index in [1.54, 1.807) is 6.07 Å². The molecule has 0 radical (unpaired) electrons. The average Bonchev–Trinajstić information content (AvgIpc) is 2.14. The van der Waals surface area contributed by atoms with E-state index < -0.39 is 5.41 Å². The van der Waals surface area contributed by atoms with E-state index in [-0.39, 0.29) is 16.9 Å². The molecule has 1 aromatic rings. The molecule has 94 valence electrons. The maximum atomic E-state index is 12.2. The van der Waals surface area contributed by atoms with Gasteiger partial charge in [0, 0.05) is 5.41 Å². The molecular weight excluding hydrogens is 212 g/mol. The molecule has 1 N–H and O–H groups in total. The van der Waals surface area contributed by atoms with Crippen LogP contribution in [0, 0.1) is 5.41 Å². The number of phenolic OH excluding ortho intramolecular Hbond substituents is 1. The number of hydrogen-bond acceptors (Lipinski definition) is 2. The lowest BCUT2D eigenvalue weighted by atomic mass is 9.81. The van der Waals surface area contributed by atoms with Crippen molar-refractivity contribution in [1.82, 2.24) is 0 Å². The van der Waals surface area contributed by atoms with Gasteiger partial charge >= 0.3 is 0 Å². The highest BCUT2D eigenvalue weighted by Crippen LogP contribution is 2.31. The summed E-state index contributed by atoms with van der Waals surface area (Å²) in [7, 11) is 0. The fourth-order valence-electron chi connectivity index (χ4n) is 1.59. The Balaban J connectivity index is 3.30. The summed E-state index contributed by atoms with van der Waals surface area (Å²) in [5.74, 6) is 0.0408. The van der Waals surface area contributed by atoms with Gasteiger partial charge in [0.05, 0.1) is 5.56 Å². The Morgan fingerprint density at radius 2 is 1.59 bits per heavy atom. The van der Waals surface area contributed by atoms with Crippen LogP contribution in [-0.2, 0) is 5.41 Å². The summed E-state index contributed by atoms with van der Waals surface area (Å²) in [5, 5.41) is 9.81. The number of hydrogen-bond donors (Lipinski definition) is 1. The van der Waals surface area contributed by atoms with Crippen molar-refractivity contribution in [3.8, 4) is 5.75 Å². The summed E-state index contributed by atoms with van der Waals surface area (Å²) in [6, 6.07) is 5.29. The second-order valence-electron chi connectivity index (χ2n) is 6.56. The minimum absolute atomic E-state index is 0.0268. The monoisotopic (exact) mass is 234 g/mol. The van der Waals surface area contributed by atoms with Gasteiger partial charge in [-0.15, -0.1) is 0 Å². The topological polar surface area (TPSA) is 37.3 Å². The Bertz CT molecular complexity index is 431. The largest absolute Gasteiger partial charge is 0.507 e. The second kappa shape index (κ2) is 4.17. The van der Waals surface area contributed by atoms with E-state index in [0.717, 1.165) is 5.56 Å². The molecule has 0 aliphatic rings. The van der Waals surface area contributed by atoms with Crippen LogP contribution in [-0.4, -0.2) is 10.9 Å². The molecule has 0 fully saturated rings. The molecular formula is C15H22O2. The number of carbonyl (C=O) groups is 1. The van der Waals surface area contributed by atoms with Crippen molar-refractivity contribution in [2.45, 2.75) is 47.0 Å². The van der Waals surface area contributed by atoms with Crippen molar-refractivity contribution in [3.05, 3.63) is 29.3 Å². The van der Waals surface area contributed by atoms with Crippen molar-refractivity contribution < 1.29 is 9.90 Å². The number of ketones is 1. The van der Waals surface area contributed by atoms with Crippen molar-refractivity contribution in [1.29, 1.82) is 0 Å². The zero-order valence-corrected chi connectivity index (χ0v) is 11.6. The Kier molecular flexibility index (Phi) is 3.37. The van der Waals surface area contributed by atoms with E-state index in [9.17, 15) is 9.90 Å². The van der Waals surface area contributed by atoms with E-state index in [0.29, 0.717) is 5.56 Å². The van der Waals surface area contributed by atoms with Gasteiger partial charge in [-0.2, -0.15) is 0 Å². The van der Waals surface area contributed by atoms with Gasteiger partial charge in [-0.25, -0.2) is 0 Å². The predicted octanol–water partition coefficient (Wildman–Crippen LogP) is 3.92. The number of phenols is 1. The van der Waals surface area contributed by atoms with Gasteiger partial charge in [-0.3, -0.25) is 4.79 Å². The van der Waals surface area contributed by atoms with Crippen molar-refractivity contribution >= 4 is 5.78 Å². The molecule has 0 aromatic heterocycles. The van der Waals surface area contributed by atoms with Gasteiger partial charge in [0.2, 0.25) is 0 Å².